The molecule has 9 heteroatoms. The lowest BCUT2D eigenvalue weighted by Gasteiger charge is -2.07. The average molecular weight is 419 g/mol. The van der Waals surface area contributed by atoms with E-state index in [9.17, 15) is 14.0 Å². The third-order valence-electron chi connectivity index (χ3n) is 4.70. The highest BCUT2D eigenvalue weighted by atomic mass is 35.5. The maximum absolute atomic E-state index is 12.3. The van der Waals surface area contributed by atoms with Gasteiger partial charge in [-0.05, 0) is 42.2 Å². The maximum Gasteiger partial charge on any atom is 0.272 e. The lowest BCUT2D eigenvalue weighted by atomic mass is 10.0. The van der Waals surface area contributed by atoms with Crippen LogP contribution in [0.4, 0.5) is 8.78 Å². The van der Waals surface area contributed by atoms with Crippen molar-refractivity contribution >= 4 is 12.4 Å². The number of rotatable bonds is 5. The topological polar surface area (TPSA) is 98.0 Å². The van der Waals surface area contributed by atoms with Crippen LogP contribution >= 0.6 is 12.4 Å². The fourth-order valence-electron chi connectivity index (χ4n) is 3.38. The summed E-state index contributed by atoms with van der Waals surface area (Å²) in [7, 11) is 0. The quantitative estimate of drug-likeness (QED) is 0.663. The number of nitriles is 1. The normalized spacial score (nSPS) is 14.9. The third kappa shape index (κ3) is 4.06. The average Bonchev–Trinajstić information content (AvgIpc) is 3.33. The minimum atomic E-state index is -2.62. The highest BCUT2D eigenvalue weighted by Gasteiger charge is 2.24. The van der Waals surface area contributed by atoms with Crippen molar-refractivity contribution < 1.29 is 18.0 Å². The summed E-state index contributed by atoms with van der Waals surface area (Å²) in [6.45, 7) is -0.778. The molecule has 150 valence electrons. The van der Waals surface area contributed by atoms with Crippen LogP contribution in [0.5, 0.6) is 5.75 Å². The molecule has 2 aromatic carbocycles. The first-order valence-corrected chi connectivity index (χ1v) is 8.73. The molecule has 6 nitrogen and oxygen atoms in total. The van der Waals surface area contributed by atoms with Gasteiger partial charge in [-0.1, -0.05) is 23.4 Å². The van der Waals surface area contributed by atoms with Crippen molar-refractivity contribution in [3.05, 3.63) is 53.1 Å². The molecule has 0 bridgehead atoms. The Morgan fingerprint density at radius 2 is 2.14 bits per heavy atom. The summed E-state index contributed by atoms with van der Waals surface area (Å²) < 4.78 is 35.0. The van der Waals surface area contributed by atoms with Crippen LogP contribution in [0.3, 0.4) is 0 Å². The van der Waals surface area contributed by atoms with Crippen molar-refractivity contribution in [3.63, 3.8) is 0 Å². The van der Waals surface area contributed by atoms with Gasteiger partial charge in [0, 0.05) is 17.2 Å². The van der Waals surface area contributed by atoms with Gasteiger partial charge in [0.15, 0.2) is 0 Å². The van der Waals surface area contributed by atoms with Crippen LogP contribution in [-0.4, -0.2) is 23.2 Å². The second-order valence-corrected chi connectivity index (χ2v) is 6.47. The van der Waals surface area contributed by atoms with Crippen LogP contribution < -0.4 is 10.5 Å². The van der Waals surface area contributed by atoms with E-state index in [4.69, 9.17) is 15.0 Å². The van der Waals surface area contributed by atoms with E-state index in [1.807, 2.05) is 24.3 Å². The summed E-state index contributed by atoms with van der Waals surface area (Å²) in [4.78, 5) is 4.44. The first-order valence-electron chi connectivity index (χ1n) is 8.73. The Bertz CT molecular complexity index is 1060. The van der Waals surface area contributed by atoms with E-state index in [-0.39, 0.29) is 35.7 Å². The number of benzene rings is 2. The van der Waals surface area contributed by atoms with Gasteiger partial charge >= 0.3 is 0 Å². The molecular weight excluding hydrogens is 402 g/mol. The van der Waals surface area contributed by atoms with Gasteiger partial charge in [0.1, 0.15) is 18.4 Å². The monoisotopic (exact) mass is 418 g/mol. The second kappa shape index (κ2) is 8.55. The van der Waals surface area contributed by atoms with Crippen molar-refractivity contribution in [1.29, 1.82) is 5.26 Å². The van der Waals surface area contributed by atoms with Crippen molar-refractivity contribution in [2.75, 3.05) is 6.61 Å². The molecule has 0 saturated carbocycles. The molecule has 1 atom stereocenters. The molecule has 1 aliphatic rings. The summed E-state index contributed by atoms with van der Waals surface area (Å²) in [5.41, 5.74) is 9.83. The smallest absolute Gasteiger partial charge is 0.272 e. The Hall–Kier alpha value is -3.02. The molecule has 0 radical (unpaired) electrons. The van der Waals surface area contributed by atoms with Crippen LogP contribution in [0.25, 0.3) is 22.8 Å². The Kier molecular flexibility index (Phi) is 6.11. The zero-order valence-corrected chi connectivity index (χ0v) is 16.0. The second-order valence-electron chi connectivity index (χ2n) is 6.47. The molecule has 0 aliphatic heterocycles. The predicted octanol–water partition coefficient (Wildman–Crippen LogP) is 4.29. The molecule has 1 aromatic heterocycles. The standard InChI is InChI=1S/C20H16F2N4O2.ClH/c21-18(22)10-27-17-7-4-11(8-12(17)9-23)20-25-19(26-28-20)15-3-1-2-14-13(15)5-6-16(14)24;/h1-4,7-8,16,18H,5-6,10,24H2;1H/t16-;/m0./s1. The van der Waals surface area contributed by atoms with Crippen molar-refractivity contribution in [3.8, 4) is 34.7 Å². The predicted molar refractivity (Wildman–Crippen MR) is 104 cm³/mol. The number of alkyl halides is 2. The molecule has 3 aromatic rings. The third-order valence-corrected chi connectivity index (χ3v) is 4.70. The summed E-state index contributed by atoms with van der Waals surface area (Å²) in [6.07, 6.45) is -0.890. The minimum Gasteiger partial charge on any atom is -0.486 e. The number of hydrogen-bond donors (Lipinski definition) is 1. The van der Waals surface area contributed by atoms with Gasteiger partial charge in [-0.2, -0.15) is 10.2 Å². The molecule has 0 amide bonds. The van der Waals surface area contributed by atoms with Crippen molar-refractivity contribution in [1.82, 2.24) is 10.1 Å². The Labute approximate surface area is 171 Å². The first-order chi connectivity index (χ1) is 13.6. The Morgan fingerprint density at radius 1 is 1.31 bits per heavy atom. The van der Waals surface area contributed by atoms with Gasteiger partial charge in [0.2, 0.25) is 5.82 Å². The number of nitrogens with zero attached hydrogens (tertiary/aromatic N) is 3. The van der Waals surface area contributed by atoms with Gasteiger partial charge in [-0.25, -0.2) is 8.78 Å². The summed E-state index contributed by atoms with van der Waals surface area (Å²) in [5.74, 6) is 0.755. The molecule has 4 rings (SSSR count). The first kappa shape index (κ1) is 20.7. The molecule has 0 saturated heterocycles. The van der Waals surface area contributed by atoms with E-state index in [1.54, 1.807) is 6.07 Å². The SMILES string of the molecule is Cl.N#Cc1cc(-c2nc(-c3cccc4c3CC[C@@H]4N)no2)ccc1OCC(F)F. The number of hydrogen-bond acceptors (Lipinski definition) is 6. The van der Waals surface area contributed by atoms with Gasteiger partial charge in [-0.3, -0.25) is 0 Å². The number of aromatic nitrogens is 2. The molecule has 0 spiro atoms. The van der Waals surface area contributed by atoms with E-state index in [1.165, 1.54) is 12.1 Å². The van der Waals surface area contributed by atoms with Crippen LogP contribution in [0.1, 0.15) is 29.2 Å². The minimum absolute atomic E-state index is 0. The molecule has 1 heterocycles. The summed E-state index contributed by atoms with van der Waals surface area (Å²) >= 11 is 0. The molecule has 29 heavy (non-hydrogen) atoms. The van der Waals surface area contributed by atoms with E-state index in [0.29, 0.717) is 11.4 Å². The van der Waals surface area contributed by atoms with Crippen LogP contribution in [0, 0.1) is 11.3 Å². The fraction of sp³-hybridized carbons (Fsp3) is 0.250. The highest BCUT2D eigenvalue weighted by Crippen LogP contribution is 2.36. The van der Waals surface area contributed by atoms with E-state index in [2.05, 4.69) is 10.1 Å². The molecule has 1 aliphatic carbocycles. The molecule has 0 unspecified atom stereocenters. The molecule has 0 fully saturated rings. The zero-order valence-electron chi connectivity index (χ0n) is 15.1. The number of nitrogens with two attached hydrogens (primary N) is 1. The van der Waals surface area contributed by atoms with Gasteiger partial charge in [-0.15, -0.1) is 12.4 Å². The lowest BCUT2D eigenvalue weighted by Crippen LogP contribution is -2.07. The van der Waals surface area contributed by atoms with Crippen LogP contribution in [-0.2, 0) is 6.42 Å². The van der Waals surface area contributed by atoms with Crippen molar-refractivity contribution in [2.24, 2.45) is 5.73 Å². The van der Waals surface area contributed by atoms with Gasteiger partial charge < -0.3 is 15.0 Å². The molecular formula is C20H17ClF2N4O2. The lowest BCUT2D eigenvalue weighted by molar-refractivity contribution is 0.0818. The summed E-state index contributed by atoms with van der Waals surface area (Å²) in [6, 6.07) is 12.3. The number of fused-ring (bicyclic) bond motifs is 1. The van der Waals surface area contributed by atoms with Crippen molar-refractivity contribution in [2.45, 2.75) is 25.3 Å². The largest absolute Gasteiger partial charge is 0.486 e. The van der Waals surface area contributed by atoms with E-state index in [0.717, 1.165) is 29.5 Å². The van der Waals surface area contributed by atoms with E-state index >= 15 is 0 Å². The highest BCUT2D eigenvalue weighted by molar-refractivity contribution is 5.85. The maximum atomic E-state index is 12.3. The van der Waals surface area contributed by atoms with Gasteiger partial charge in [0.05, 0.1) is 5.56 Å². The molecule has 2 N–H and O–H groups in total. The van der Waals surface area contributed by atoms with Crippen LogP contribution in [0.15, 0.2) is 40.9 Å². The Balaban J connectivity index is 0.00000240. The van der Waals surface area contributed by atoms with Gasteiger partial charge in [0.25, 0.3) is 12.3 Å². The van der Waals surface area contributed by atoms with E-state index < -0.39 is 13.0 Å². The van der Waals surface area contributed by atoms with Crippen LogP contribution in [0.2, 0.25) is 0 Å². The Morgan fingerprint density at radius 3 is 2.90 bits per heavy atom. The zero-order chi connectivity index (χ0) is 19.7. The number of ether oxygens (including phenoxy) is 1. The fourth-order valence-corrected chi connectivity index (χ4v) is 3.38. The summed E-state index contributed by atoms with van der Waals surface area (Å²) in [5, 5.41) is 13.3. The number of halogens is 3.